The zero-order valence-corrected chi connectivity index (χ0v) is 11.0. The van der Waals surface area contributed by atoms with Crippen LogP contribution < -0.4 is 10.5 Å². The molecule has 0 saturated carbocycles. The highest BCUT2D eigenvalue weighted by Crippen LogP contribution is 2.33. The number of anilines is 1. The van der Waals surface area contributed by atoms with E-state index in [9.17, 15) is 13.2 Å². The molecule has 0 spiro atoms. The minimum absolute atomic E-state index is 0.0415. The first-order valence-corrected chi connectivity index (χ1v) is 5.74. The summed E-state index contributed by atoms with van der Waals surface area (Å²) >= 11 is 5.86. The van der Waals surface area contributed by atoms with Gasteiger partial charge < -0.3 is 10.5 Å². The molecule has 4 nitrogen and oxygen atoms in total. The molecule has 106 valence electrons. The lowest BCUT2D eigenvalue weighted by molar-refractivity contribution is -0.141. The third-order valence-electron chi connectivity index (χ3n) is 2.48. The van der Waals surface area contributed by atoms with Crippen molar-refractivity contribution in [2.24, 2.45) is 0 Å². The second-order valence-electron chi connectivity index (χ2n) is 3.84. The van der Waals surface area contributed by atoms with Crippen molar-refractivity contribution in [3.05, 3.63) is 35.0 Å². The van der Waals surface area contributed by atoms with Crippen LogP contribution in [0.2, 0.25) is 5.02 Å². The van der Waals surface area contributed by atoms with Crippen LogP contribution in [0.5, 0.6) is 5.75 Å². The molecule has 1 aromatic heterocycles. The number of nitrogen functional groups attached to an aromatic ring is 1. The van der Waals surface area contributed by atoms with E-state index < -0.39 is 17.8 Å². The molecule has 8 heteroatoms. The molecule has 0 atom stereocenters. The molecule has 0 bridgehead atoms. The van der Waals surface area contributed by atoms with Gasteiger partial charge in [0.2, 0.25) is 5.95 Å². The number of methoxy groups -OCH3 is 1. The normalized spacial score (nSPS) is 11.4. The van der Waals surface area contributed by atoms with Gasteiger partial charge in [-0.1, -0.05) is 17.7 Å². The molecule has 1 heterocycles. The molecular formula is C12H9ClF3N3O. The molecule has 0 aliphatic carbocycles. The van der Waals surface area contributed by atoms with E-state index in [-0.39, 0.29) is 5.69 Å². The number of rotatable bonds is 2. The molecule has 0 aliphatic rings. The summed E-state index contributed by atoms with van der Waals surface area (Å²) < 4.78 is 43.1. The fourth-order valence-electron chi connectivity index (χ4n) is 1.58. The van der Waals surface area contributed by atoms with Gasteiger partial charge in [-0.15, -0.1) is 0 Å². The number of ether oxygens (including phenoxy) is 1. The summed E-state index contributed by atoms with van der Waals surface area (Å²) in [5, 5.41) is 0.342. The van der Waals surface area contributed by atoms with E-state index in [1.54, 1.807) is 0 Å². The maximum atomic E-state index is 12.7. The van der Waals surface area contributed by atoms with Crippen molar-refractivity contribution in [2.45, 2.75) is 6.18 Å². The maximum Gasteiger partial charge on any atom is 0.433 e. The summed E-state index contributed by atoms with van der Waals surface area (Å²) in [6.45, 7) is 0. The number of benzene rings is 1. The van der Waals surface area contributed by atoms with Gasteiger partial charge in [-0.3, -0.25) is 0 Å². The molecule has 0 radical (unpaired) electrons. The van der Waals surface area contributed by atoms with E-state index >= 15 is 0 Å². The summed E-state index contributed by atoms with van der Waals surface area (Å²) in [5.74, 6) is -0.126. The molecule has 0 unspecified atom stereocenters. The zero-order valence-electron chi connectivity index (χ0n) is 10.2. The standard InChI is InChI=1S/C12H9ClF3N3O/c1-20-9-4-6(2-3-7(9)13)8-5-10(12(14,15)16)19-11(17)18-8/h2-5H,1H3,(H2,17,18,19). The van der Waals surface area contributed by atoms with Gasteiger partial charge in [0.15, 0.2) is 5.69 Å². The van der Waals surface area contributed by atoms with Gasteiger partial charge in [0.1, 0.15) is 5.75 Å². The van der Waals surface area contributed by atoms with E-state index in [2.05, 4.69) is 9.97 Å². The van der Waals surface area contributed by atoms with Crippen molar-refractivity contribution in [2.75, 3.05) is 12.8 Å². The first kappa shape index (κ1) is 14.4. The lowest BCUT2D eigenvalue weighted by Gasteiger charge is -2.10. The highest BCUT2D eigenvalue weighted by Gasteiger charge is 2.33. The Bertz CT molecular complexity index is 646. The number of hydrogen-bond acceptors (Lipinski definition) is 4. The van der Waals surface area contributed by atoms with Crippen LogP contribution in [0.3, 0.4) is 0 Å². The van der Waals surface area contributed by atoms with Gasteiger partial charge >= 0.3 is 6.18 Å². The van der Waals surface area contributed by atoms with E-state index in [1.807, 2.05) is 0 Å². The number of halogens is 4. The van der Waals surface area contributed by atoms with Crippen molar-refractivity contribution in [1.82, 2.24) is 9.97 Å². The van der Waals surface area contributed by atoms with Gasteiger partial charge in [0, 0.05) is 5.56 Å². The van der Waals surface area contributed by atoms with E-state index in [0.29, 0.717) is 16.3 Å². The van der Waals surface area contributed by atoms with Crippen LogP contribution in [0.1, 0.15) is 5.69 Å². The minimum atomic E-state index is -4.59. The molecule has 0 aliphatic heterocycles. The Kier molecular flexibility index (Phi) is 3.71. The first-order chi connectivity index (χ1) is 9.31. The van der Waals surface area contributed by atoms with Gasteiger partial charge in [-0.05, 0) is 18.2 Å². The van der Waals surface area contributed by atoms with E-state index in [0.717, 1.165) is 6.07 Å². The van der Waals surface area contributed by atoms with Crippen molar-refractivity contribution >= 4 is 17.5 Å². The maximum absolute atomic E-state index is 12.7. The quantitative estimate of drug-likeness (QED) is 0.923. The molecule has 0 saturated heterocycles. The molecule has 0 fully saturated rings. The van der Waals surface area contributed by atoms with Crippen LogP contribution in [-0.2, 0) is 6.18 Å². The molecule has 2 aromatic rings. The van der Waals surface area contributed by atoms with Crippen LogP contribution >= 0.6 is 11.6 Å². The van der Waals surface area contributed by atoms with Crippen molar-refractivity contribution in [1.29, 1.82) is 0 Å². The predicted molar refractivity (Wildman–Crippen MR) is 68.4 cm³/mol. The minimum Gasteiger partial charge on any atom is -0.495 e. The van der Waals surface area contributed by atoms with Gasteiger partial charge in [0.05, 0.1) is 17.8 Å². The second kappa shape index (κ2) is 5.16. The molecule has 20 heavy (non-hydrogen) atoms. The average molecular weight is 304 g/mol. The largest absolute Gasteiger partial charge is 0.495 e. The van der Waals surface area contributed by atoms with Crippen LogP contribution in [0.25, 0.3) is 11.3 Å². The molecular weight excluding hydrogens is 295 g/mol. The first-order valence-electron chi connectivity index (χ1n) is 5.37. The topological polar surface area (TPSA) is 61.0 Å². The van der Waals surface area contributed by atoms with Crippen molar-refractivity contribution in [3.8, 4) is 17.0 Å². The predicted octanol–water partition coefficient (Wildman–Crippen LogP) is 3.41. The van der Waals surface area contributed by atoms with Crippen molar-refractivity contribution < 1.29 is 17.9 Å². The van der Waals surface area contributed by atoms with Crippen LogP contribution in [0, 0.1) is 0 Å². The Morgan fingerprint density at radius 2 is 1.90 bits per heavy atom. The third-order valence-corrected chi connectivity index (χ3v) is 2.79. The highest BCUT2D eigenvalue weighted by molar-refractivity contribution is 6.32. The van der Waals surface area contributed by atoms with Gasteiger partial charge in [-0.2, -0.15) is 13.2 Å². The zero-order chi connectivity index (χ0) is 14.9. The summed E-state index contributed by atoms with van der Waals surface area (Å²) in [7, 11) is 1.40. The average Bonchev–Trinajstić information content (AvgIpc) is 2.37. The van der Waals surface area contributed by atoms with E-state index in [4.69, 9.17) is 22.1 Å². The number of aromatic nitrogens is 2. The summed E-state index contributed by atoms with van der Waals surface area (Å²) in [6, 6.07) is 5.32. The molecule has 2 N–H and O–H groups in total. The lowest BCUT2D eigenvalue weighted by atomic mass is 10.1. The summed E-state index contributed by atoms with van der Waals surface area (Å²) in [6.07, 6.45) is -4.59. The number of alkyl halides is 3. The number of hydrogen-bond donors (Lipinski definition) is 1. The smallest absolute Gasteiger partial charge is 0.433 e. The van der Waals surface area contributed by atoms with Crippen molar-refractivity contribution in [3.63, 3.8) is 0 Å². The Labute approximate surface area is 117 Å². The Morgan fingerprint density at radius 3 is 2.50 bits per heavy atom. The highest BCUT2D eigenvalue weighted by atomic mass is 35.5. The lowest BCUT2D eigenvalue weighted by Crippen LogP contribution is -2.11. The molecule has 1 aromatic carbocycles. The van der Waals surface area contributed by atoms with Gasteiger partial charge in [-0.25, -0.2) is 9.97 Å². The summed E-state index contributed by atoms with van der Waals surface area (Å²) in [5.41, 5.74) is 4.65. The van der Waals surface area contributed by atoms with Crippen LogP contribution in [-0.4, -0.2) is 17.1 Å². The monoisotopic (exact) mass is 303 g/mol. The fraction of sp³-hybridized carbons (Fsp3) is 0.167. The van der Waals surface area contributed by atoms with Crippen LogP contribution in [0.15, 0.2) is 24.3 Å². The van der Waals surface area contributed by atoms with E-state index in [1.165, 1.54) is 25.3 Å². The Morgan fingerprint density at radius 1 is 1.20 bits per heavy atom. The fourth-order valence-corrected chi connectivity index (χ4v) is 1.77. The number of nitrogens with two attached hydrogens (primary N) is 1. The third kappa shape index (κ3) is 2.93. The molecule has 0 amide bonds. The second-order valence-corrected chi connectivity index (χ2v) is 4.25. The summed E-state index contributed by atoms with van der Waals surface area (Å²) in [4.78, 5) is 6.97. The Hall–Kier alpha value is -2.02. The number of nitrogens with zero attached hydrogens (tertiary/aromatic N) is 2. The van der Waals surface area contributed by atoms with Gasteiger partial charge in [0.25, 0.3) is 0 Å². The van der Waals surface area contributed by atoms with Crippen LogP contribution in [0.4, 0.5) is 19.1 Å². The SMILES string of the molecule is COc1cc(-c2cc(C(F)(F)F)nc(N)n2)ccc1Cl. The molecule has 2 rings (SSSR count). The Balaban J connectivity index is 2.55.